The van der Waals surface area contributed by atoms with Crippen LogP contribution < -0.4 is 0 Å². The first-order valence-corrected chi connectivity index (χ1v) is 5.69. The molecule has 1 aliphatic heterocycles. The summed E-state index contributed by atoms with van der Waals surface area (Å²) in [4.78, 5) is 2.49. The third-order valence-electron chi connectivity index (χ3n) is 3.05. The van der Waals surface area contributed by atoms with Gasteiger partial charge < -0.3 is 4.90 Å². The van der Waals surface area contributed by atoms with Gasteiger partial charge in [0.15, 0.2) is 0 Å². The van der Waals surface area contributed by atoms with E-state index in [0.717, 1.165) is 0 Å². The summed E-state index contributed by atoms with van der Waals surface area (Å²) in [5, 5.41) is 0. The largest absolute Gasteiger partial charge is 0.375 e. The van der Waals surface area contributed by atoms with Gasteiger partial charge in [0.1, 0.15) is 0 Å². The number of piperidine rings is 1. The van der Waals surface area contributed by atoms with Crippen LogP contribution in [0.25, 0.3) is 0 Å². The van der Waals surface area contributed by atoms with E-state index in [2.05, 4.69) is 25.3 Å². The van der Waals surface area contributed by atoms with Crippen LogP contribution in [0.1, 0.15) is 46.0 Å². The lowest BCUT2D eigenvalue weighted by atomic mass is 10.00. The average Bonchev–Trinajstić information content (AvgIpc) is 2.18. The minimum absolute atomic E-state index is 0.683. The van der Waals surface area contributed by atoms with Crippen molar-refractivity contribution in [1.29, 1.82) is 0 Å². The van der Waals surface area contributed by atoms with Gasteiger partial charge in [-0.1, -0.05) is 26.8 Å². The van der Waals surface area contributed by atoms with E-state index < -0.39 is 0 Å². The maximum atomic E-state index is 4.22. The zero-order chi connectivity index (χ0) is 9.68. The molecule has 0 spiro atoms. The van der Waals surface area contributed by atoms with Crippen molar-refractivity contribution in [2.75, 3.05) is 13.1 Å². The molecule has 1 fully saturated rings. The summed E-state index contributed by atoms with van der Waals surface area (Å²) >= 11 is 0. The van der Waals surface area contributed by atoms with Gasteiger partial charge in [-0.05, 0) is 31.6 Å². The van der Waals surface area contributed by atoms with Crippen LogP contribution in [-0.4, -0.2) is 18.0 Å². The quantitative estimate of drug-likeness (QED) is 0.642. The molecule has 1 heteroatoms. The molecule has 0 saturated carbocycles. The molecule has 0 aliphatic carbocycles. The predicted octanol–water partition coefficient (Wildman–Crippen LogP) is 3.42. The van der Waals surface area contributed by atoms with Gasteiger partial charge in [0.2, 0.25) is 0 Å². The number of likely N-dealkylation sites (tertiary alicyclic amines) is 1. The van der Waals surface area contributed by atoms with Crippen molar-refractivity contribution >= 4 is 0 Å². The Morgan fingerprint density at radius 3 is 2.46 bits per heavy atom. The van der Waals surface area contributed by atoms with Crippen molar-refractivity contribution in [3.63, 3.8) is 0 Å². The van der Waals surface area contributed by atoms with E-state index >= 15 is 0 Å². The summed E-state index contributed by atoms with van der Waals surface area (Å²) in [6.07, 6.45) is 6.69. The summed E-state index contributed by atoms with van der Waals surface area (Å²) in [6.45, 7) is 11.3. The lowest BCUT2D eigenvalue weighted by Gasteiger charge is -2.33. The van der Waals surface area contributed by atoms with Gasteiger partial charge in [0.25, 0.3) is 0 Å². The number of allylic oxidation sites excluding steroid dienone is 1. The fraction of sp³-hybridized carbons (Fsp3) is 0.833. The molecule has 76 valence electrons. The fourth-order valence-corrected chi connectivity index (χ4v) is 2.09. The molecule has 0 bridgehead atoms. The summed E-state index contributed by atoms with van der Waals surface area (Å²) in [5.74, 6) is 0.683. The molecule has 0 N–H and O–H groups in total. The van der Waals surface area contributed by atoms with Gasteiger partial charge in [-0.3, -0.25) is 0 Å². The van der Waals surface area contributed by atoms with Crippen LogP contribution in [0, 0.1) is 5.92 Å². The molecule has 1 heterocycles. The fourth-order valence-electron chi connectivity index (χ4n) is 2.09. The second-order valence-electron chi connectivity index (χ2n) is 4.23. The highest BCUT2D eigenvalue weighted by Crippen LogP contribution is 2.22. The first-order chi connectivity index (χ1) is 6.25. The second-order valence-corrected chi connectivity index (χ2v) is 4.23. The first kappa shape index (κ1) is 10.6. The smallest absolute Gasteiger partial charge is 0.0174 e. The van der Waals surface area contributed by atoms with Crippen LogP contribution >= 0.6 is 0 Å². The highest BCUT2D eigenvalue weighted by Gasteiger charge is 2.15. The van der Waals surface area contributed by atoms with Gasteiger partial charge in [0, 0.05) is 18.8 Å². The highest BCUT2D eigenvalue weighted by molar-refractivity contribution is 4.99. The summed E-state index contributed by atoms with van der Waals surface area (Å²) < 4.78 is 0. The maximum Gasteiger partial charge on any atom is 0.0174 e. The molecule has 0 aromatic heterocycles. The topological polar surface area (TPSA) is 3.24 Å². The lowest BCUT2D eigenvalue weighted by molar-refractivity contribution is 0.256. The van der Waals surface area contributed by atoms with Crippen molar-refractivity contribution in [2.24, 2.45) is 5.92 Å². The van der Waals surface area contributed by atoms with E-state index in [9.17, 15) is 0 Å². The standard InChI is InChI=1S/C12H23N/c1-4-8-11(2)12(3)13-9-6-5-7-10-13/h11H,3-10H2,1-2H3. The van der Waals surface area contributed by atoms with Crippen LogP contribution in [0.2, 0.25) is 0 Å². The van der Waals surface area contributed by atoms with Gasteiger partial charge in [-0.25, -0.2) is 0 Å². The van der Waals surface area contributed by atoms with Crippen molar-refractivity contribution in [3.8, 4) is 0 Å². The normalized spacial score (nSPS) is 20.0. The SMILES string of the molecule is C=C(C(C)CCC)N1CCCCC1. The molecular formula is C12H23N. The maximum absolute atomic E-state index is 4.22. The zero-order valence-corrected chi connectivity index (χ0v) is 9.18. The summed E-state index contributed by atoms with van der Waals surface area (Å²) in [5.41, 5.74) is 1.38. The number of nitrogens with zero attached hydrogens (tertiary/aromatic N) is 1. The van der Waals surface area contributed by atoms with E-state index in [1.54, 1.807) is 0 Å². The summed E-state index contributed by atoms with van der Waals surface area (Å²) in [7, 11) is 0. The van der Waals surface area contributed by atoms with E-state index in [0.29, 0.717) is 5.92 Å². The van der Waals surface area contributed by atoms with E-state index in [-0.39, 0.29) is 0 Å². The first-order valence-electron chi connectivity index (χ1n) is 5.69. The van der Waals surface area contributed by atoms with Crippen molar-refractivity contribution in [3.05, 3.63) is 12.3 Å². The van der Waals surface area contributed by atoms with Crippen LogP contribution in [0.15, 0.2) is 12.3 Å². The Kier molecular flexibility index (Phi) is 4.34. The van der Waals surface area contributed by atoms with Gasteiger partial charge in [-0.2, -0.15) is 0 Å². The van der Waals surface area contributed by atoms with Gasteiger partial charge >= 0.3 is 0 Å². The number of hydrogen-bond donors (Lipinski definition) is 0. The molecule has 1 aliphatic rings. The molecule has 0 radical (unpaired) electrons. The van der Waals surface area contributed by atoms with Crippen LogP contribution in [0.3, 0.4) is 0 Å². The van der Waals surface area contributed by atoms with Crippen molar-refractivity contribution in [1.82, 2.24) is 4.90 Å². The molecule has 0 aromatic rings. The van der Waals surface area contributed by atoms with Crippen LogP contribution in [-0.2, 0) is 0 Å². The van der Waals surface area contributed by atoms with Crippen molar-refractivity contribution < 1.29 is 0 Å². The van der Waals surface area contributed by atoms with Crippen LogP contribution in [0.4, 0.5) is 0 Å². The molecule has 1 rings (SSSR count). The highest BCUT2D eigenvalue weighted by atomic mass is 15.1. The molecule has 1 saturated heterocycles. The Balaban J connectivity index is 2.36. The molecule has 1 atom stereocenters. The third kappa shape index (κ3) is 3.06. The molecule has 13 heavy (non-hydrogen) atoms. The Bertz CT molecular complexity index is 157. The van der Waals surface area contributed by atoms with E-state index in [1.165, 1.54) is 50.9 Å². The number of rotatable bonds is 4. The van der Waals surface area contributed by atoms with Gasteiger partial charge in [0.05, 0.1) is 0 Å². The Hall–Kier alpha value is -0.460. The third-order valence-corrected chi connectivity index (χ3v) is 3.05. The Morgan fingerprint density at radius 2 is 1.92 bits per heavy atom. The Morgan fingerprint density at radius 1 is 1.31 bits per heavy atom. The van der Waals surface area contributed by atoms with Crippen molar-refractivity contribution in [2.45, 2.75) is 46.0 Å². The average molecular weight is 181 g/mol. The monoisotopic (exact) mass is 181 g/mol. The zero-order valence-electron chi connectivity index (χ0n) is 9.18. The summed E-state index contributed by atoms with van der Waals surface area (Å²) in [6, 6.07) is 0. The van der Waals surface area contributed by atoms with Crippen LogP contribution in [0.5, 0.6) is 0 Å². The second kappa shape index (κ2) is 5.31. The minimum Gasteiger partial charge on any atom is -0.375 e. The molecule has 0 amide bonds. The number of hydrogen-bond acceptors (Lipinski definition) is 1. The molecule has 1 nitrogen and oxygen atoms in total. The van der Waals surface area contributed by atoms with E-state index in [1.807, 2.05) is 0 Å². The molecular weight excluding hydrogens is 158 g/mol. The van der Waals surface area contributed by atoms with Gasteiger partial charge in [-0.15, -0.1) is 0 Å². The predicted molar refractivity (Wildman–Crippen MR) is 58.6 cm³/mol. The molecule has 0 aromatic carbocycles. The molecule has 1 unspecified atom stereocenters. The Labute approximate surface area is 82.8 Å². The van der Waals surface area contributed by atoms with E-state index in [4.69, 9.17) is 0 Å². The lowest BCUT2D eigenvalue weighted by Crippen LogP contribution is -2.31. The minimum atomic E-state index is 0.683.